The molecule has 0 spiro atoms. The predicted molar refractivity (Wildman–Crippen MR) is 64.5 cm³/mol. The van der Waals surface area contributed by atoms with Crippen molar-refractivity contribution >= 4 is 11.4 Å². The first kappa shape index (κ1) is 11.7. The average Bonchev–Trinajstić information content (AvgIpc) is 2.82. The zero-order valence-corrected chi connectivity index (χ0v) is 9.60. The number of methoxy groups -OCH3 is 1. The van der Waals surface area contributed by atoms with E-state index in [1.165, 1.54) is 19.2 Å². The molecule has 2 N–H and O–H groups in total. The van der Waals surface area contributed by atoms with Gasteiger partial charge in [-0.1, -0.05) is 0 Å². The summed E-state index contributed by atoms with van der Waals surface area (Å²) in [6.45, 7) is 1.90. The topological polar surface area (TPSA) is 76.4 Å². The van der Waals surface area contributed by atoms with E-state index in [0.29, 0.717) is 11.8 Å². The summed E-state index contributed by atoms with van der Waals surface area (Å²) < 4.78 is 5.16. The third-order valence-corrected chi connectivity index (χ3v) is 2.82. The Balaban J connectivity index is 2.18. The Hall–Kier alpha value is -1.82. The van der Waals surface area contributed by atoms with Gasteiger partial charge in [0.05, 0.1) is 23.8 Å². The molecular weight excluding hydrogens is 222 g/mol. The lowest BCUT2D eigenvalue weighted by molar-refractivity contribution is -0.384. The summed E-state index contributed by atoms with van der Waals surface area (Å²) >= 11 is 0. The molecule has 1 aliphatic heterocycles. The SMILES string of the molecule is COc1cc([N+](=O)[O-])ccc1NC1CCNC1. The van der Waals surface area contributed by atoms with Crippen LogP contribution >= 0.6 is 0 Å². The second-order valence-electron chi connectivity index (χ2n) is 3.98. The Bertz CT molecular complexity index is 416. The molecule has 1 aromatic rings. The molecule has 1 aromatic carbocycles. The fourth-order valence-corrected chi connectivity index (χ4v) is 1.91. The van der Waals surface area contributed by atoms with Gasteiger partial charge in [0.25, 0.3) is 5.69 Å². The third-order valence-electron chi connectivity index (χ3n) is 2.82. The van der Waals surface area contributed by atoms with Crippen LogP contribution in [0.15, 0.2) is 18.2 Å². The highest BCUT2D eigenvalue weighted by Crippen LogP contribution is 2.29. The molecule has 0 amide bonds. The van der Waals surface area contributed by atoms with E-state index in [9.17, 15) is 10.1 Å². The van der Waals surface area contributed by atoms with Gasteiger partial charge >= 0.3 is 0 Å². The van der Waals surface area contributed by atoms with Crippen molar-refractivity contribution in [3.63, 3.8) is 0 Å². The van der Waals surface area contributed by atoms with Crippen molar-refractivity contribution in [3.8, 4) is 5.75 Å². The van der Waals surface area contributed by atoms with E-state index in [2.05, 4.69) is 10.6 Å². The van der Waals surface area contributed by atoms with E-state index in [1.54, 1.807) is 6.07 Å². The minimum atomic E-state index is -0.427. The van der Waals surface area contributed by atoms with Crippen molar-refractivity contribution in [1.82, 2.24) is 5.32 Å². The summed E-state index contributed by atoms with van der Waals surface area (Å²) in [6, 6.07) is 4.96. The maximum absolute atomic E-state index is 10.6. The Labute approximate surface area is 99.1 Å². The molecule has 6 nitrogen and oxygen atoms in total. The number of hydrogen-bond acceptors (Lipinski definition) is 5. The molecule has 1 saturated heterocycles. The van der Waals surface area contributed by atoms with E-state index in [-0.39, 0.29) is 5.69 Å². The van der Waals surface area contributed by atoms with Crippen molar-refractivity contribution in [3.05, 3.63) is 28.3 Å². The maximum atomic E-state index is 10.6. The fourth-order valence-electron chi connectivity index (χ4n) is 1.91. The number of hydrogen-bond donors (Lipinski definition) is 2. The van der Waals surface area contributed by atoms with Crippen LogP contribution in [0.5, 0.6) is 5.75 Å². The molecule has 6 heteroatoms. The molecule has 1 atom stereocenters. The number of rotatable bonds is 4. The van der Waals surface area contributed by atoms with Crippen molar-refractivity contribution in [1.29, 1.82) is 0 Å². The lowest BCUT2D eigenvalue weighted by atomic mass is 10.2. The summed E-state index contributed by atoms with van der Waals surface area (Å²) in [5, 5.41) is 17.2. The zero-order chi connectivity index (χ0) is 12.3. The molecule has 2 rings (SSSR count). The Morgan fingerprint density at radius 3 is 3.00 bits per heavy atom. The maximum Gasteiger partial charge on any atom is 0.273 e. The highest BCUT2D eigenvalue weighted by atomic mass is 16.6. The molecule has 1 aliphatic rings. The first-order chi connectivity index (χ1) is 8.20. The zero-order valence-electron chi connectivity index (χ0n) is 9.60. The van der Waals surface area contributed by atoms with Crippen molar-refractivity contribution < 1.29 is 9.66 Å². The predicted octanol–water partition coefficient (Wildman–Crippen LogP) is 1.38. The molecule has 0 bridgehead atoms. The number of nitrogens with one attached hydrogen (secondary N) is 2. The van der Waals surface area contributed by atoms with Gasteiger partial charge in [-0.15, -0.1) is 0 Å². The molecule has 0 aliphatic carbocycles. The molecular formula is C11H15N3O3. The van der Waals surface area contributed by atoms with Crippen LogP contribution in [0, 0.1) is 10.1 Å². The van der Waals surface area contributed by atoms with E-state index < -0.39 is 4.92 Å². The van der Waals surface area contributed by atoms with Crippen LogP contribution < -0.4 is 15.4 Å². The average molecular weight is 237 g/mol. The number of nitrogens with zero attached hydrogens (tertiary/aromatic N) is 1. The lowest BCUT2D eigenvalue weighted by Gasteiger charge is -2.15. The first-order valence-electron chi connectivity index (χ1n) is 5.50. The Morgan fingerprint density at radius 2 is 2.41 bits per heavy atom. The van der Waals surface area contributed by atoms with Gasteiger partial charge in [0.15, 0.2) is 0 Å². The number of nitro groups is 1. The van der Waals surface area contributed by atoms with Crippen molar-refractivity contribution in [2.45, 2.75) is 12.5 Å². The number of non-ortho nitro benzene ring substituents is 1. The van der Waals surface area contributed by atoms with Gasteiger partial charge < -0.3 is 15.4 Å². The summed E-state index contributed by atoms with van der Waals surface area (Å²) in [6.07, 6.45) is 1.04. The Kier molecular flexibility index (Phi) is 3.43. The molecule has 0 saturated carbocycles. The van der Waals surface area contributed by atoms with Crippen LogP contribution in [-0.2, 0) is 0 Å². The van der Waals surface area contributed by atoms with Gasteiger partial charge in [0.2, 0.25) is 0 Å². The lowest BCUT2D eigenvalue weighted by Crippen LogP contribution is -2.22. The van der Waals surface area contributed by atoms with Gasteiger partial charge in [0, 0.05) is 18.7 Å². The monoisotopic (exact) mass is 237 g/mol. The highest BCUT2D eigenvalue weighted by molar-refractivity contribution is 5.61. The summed E-state index contributed by atoms with van der Waals surface area (Å²) in [5.41, 5.74) is 0.837. The summed E-state index contributed by atoms with van der Waals surface area (Å²) in [7, 11) is 1.51. The van der Waals surface area contributed by atoms with Crippen LogP contribution in [0.4, 0.5) is 11.4 Å². The van der Waals surface area contributed by atoms with Crippen LogP contribution in [0.3, 0.4) is 0 Å². The van der Waals surface area contributed by atoms with Crippen molar-refractivity contribution in [2.75, 3.05) is 25.5 Å². The van der Waals surface area contributed by atoms with Gasteiger partial charge in [-0.3, -0.25) is 10.1 Å². The third kappa shape index (κ3) is 2.65. The normalized spacial score (nSPS) is 19.0. The van der Waals surface area contributed by atoms with Crippen LogP contribution in [0.25, 0.3) is 0 Å². The minimum Gasteiger partial charge on any atom is -0.494 e. The largest absolute Gasteiger partial charge is 0.494 e. The van der Waals surface area contributed by atoms with Crippen LogP contribution in [0.2, 0.25) is 0 Å². The van der Waals surface area contributed by atoms with Gasteiger partial charge in [-0.05, 0) is 19.0 Å². The van der Waals surface area contributed by atoms with Gasteiger partial charge in [0.1, 0.15) is 5.75 Å². The fraction of sp³-hybridized carbons (Fsp3) is 0.455. The summed E-state index contributed by atoms with van der Waals surface area (Å²) in [4.78, 5) is 10.2. The molecule has 1 heterocycles. The first-order valence-corrected chi connectivity index (χ1v) is 5.50. The molecule has 1 unspecified atom stereocenters. The number of benzene rings is 1. The number of anilines is 1. The standard InChI is InChI=1S/C11H15N3O3/c1-17-11-6-9(14(15)16)2-3-10(11)13-8-4-5-12-7-8/h2-3,6,8,12-13H,4-5,7H2,1H3. The molecule has 1 fully saturated rings. The van der Waals surface area contributed by atoms with E-state index >= 15 is 0 Å². The van der Waals surface area contributed by atoms with Crippen LogP contribution in [0.1, 0.15) is 6.42 Å². The minimum absolute atomic E-state index is 0.0388. The van der Waals surface area contributed by atoms with E-state index in [0.717, 1.165) is 25.2 Å². The highest BCUT2D eigenvalue weighted by Gasteiger charge is 2.17. The smallest absolute Gasteiger partial charge is 0.273 e. The van der Waals surface area contributed by atoms with Crippen LogP contribution in [-0.4, -0.2) is 31.2 Å². The van der Waals surface area contributed by atoms with Crippen molar-refractivity contribution in [2.24, 2.45) is 0 Å². The molecule has 0 radical (unpaired) electrons. The van der Waals surface area contributed by atoms with E-state index in [1.807, 2.05) is 0 Å². The van der Waals surface area contributed by atoms with E-state index in [4.69, 9.17) is 4.74 Å². The molecule has 92 valence electrons. The second-order valence-corrected chi connectivity index (χ2v) is 3.98. The molecule has 17 heavy (non-hydrogen) atoms. The summed E-state index contributed by atoms with van der Waals surface area (Å²) in [5.74, 6) is 0.506. The van der Waals surface area contributed by atoms with Gasteiger partial charge in [-0.25, -0.2) is 0 Å². The number of ether oxygens (including phenoxy) is 1. The van der Waals surface area contributed by atoms with Gasteiger partial charge in [-0.2, -0.15) is 0 Å². The number of nitro benzene ring substituents is 1. The molecule has 0 aromatic heterocycles. The second kappa shape index (κ2) is 5.01. The Morgan fingerprint density at radius 1 is 1.59 bits per heavy atom. The quantitative estimate of drug-likeness (QED) is 0.611.